The van der Waals surface area contributed by atoms with E-state index in [1.54, 1.807) is 48.9 Å². The van der Waals surface area contributed by atoms with Crippen molar-refractivity contribution in [2.24, 2.45) is 0 Å². The zero-order valence-corrected chi connectivity index (χ0v) is 16.3. The maximum atomic E-state index is 12.6. The van der Waals surface area contributed by atoms with Crippen molar-refractivity contribution in [2.75, 3.05) is 14.2 Å². The van der Waals surface area contributed by atoms with Gasteiger partial charge in [0.25, 0.3) is 11.8 Å². The predicted molar refractivity (Wildman–Crippen MR) is 106 cm³/mol. The summed E-state index contributed by atoms with van der Waals surface area (Å²) in [6.45, 7) is 0. The van der Waals surface area contributed by atoms with E-state index in [0.29, 0.717) is 26.8 Å². The number of rotatable bonds is 5. The molecule has 2 amide bonds. The Morgan fingerprint density at radius 2 is 2.04 bits per heavy atom. The number of ether oxygens (including phenoxy) is 2. The molecule has 0 aliphatic carbocycles. The third kappa shape index (κ3) is 3.59. The van der Waals surface area contributed by atoms with Crippen LogP contribution < -0.4 is 14.9 Å². The zero-order valence-electron chi connectivity index (χ0n) is 13.8. The SMILES string of the molecule is COc1cccc(/C=C2/SC(=S)N(NC(=O)c3cccs3)C2=O)c1OC. The van der Waals surface area contributed by atoms with Crippen molar-refractivity contribution in [1.82, 2.24) is 10.4 Å². The first-order valence-corrected chi connectivity index (χ1v) is 9.49. The molecular formula is C17H14N2O4S3. The molecule has 134 valence electrons. The molecule has 1 aliphatic rings. The van der Waals surface area contributed by atoms with Gasteiger partial charge in [0.05, 0.1) is 24.0 Å². The van der Waals surface area contributed by atoms with Crippen LogP contribution in [0.1, 0.15) is 15.2 Å². The van der Waals surface area contributed by atoms with E-state index < -0.39 is 5.91 Å². The number of thiocarbonyl (C=S) groups is 1. The lowest BCUT2D eigenvalue weighted by Crippen LogP contribution is -2.44. The van der Waals surface area contributed by atoms with Gasteiger partial charge in [-0.15, -0.1) is 11.3 Å². The minimum absolute atomic E-state index is 0.257. The standard InChI is InChI=1S/C17H14N2O4S3/c1-22-11-6-3-5-10(14(11)23-2)9-13-16(21)19(17(24)26-13)18-15(20)12-7-4-8-25-12/h3-9H,1-2H3,(H,18,20)/b13-9+. The molecular weight excluding hydrogens is 392 g/mol. The molecule has 1 N–H and O–H groups in total. The van der Waals surface area contributed by atoms with E-state index in [4.69, 9.17) is 21.7 Å². The van der Waals surface area contributed by atoms with Crippen LogP contribution in [0.3, 0.4) is 0 Å². The second-order valence-electron chi connectivity index (χ2n) is 5.02. The molecule has 1 aromatic carbocycles. The molecule has 2 aromatic rings. The van der Waals surface area contributed by atoms with Crippen LogP contribution in [0.5, 0.6) is 11.5 Å². The zero-order chi connectivity index (χ0) is 18.7. The van der Waals surface area contributed by atoms with Crippen LogP contribution in [-0.4, -0.2) is 35.4 Å². The number of benzene rings is 1. The van der Waals surface area contributed by atoms with Gasteiger partial charge in [-0.1, -0.05) is 30.0 Å². The van der Waals surface area contributed by atoms with E-state index in [1.165, 1.54) is 18.4 Å². The number of para-hydroxylation sites is 1. The van der Waals surface area contributed by atoms with Gasteiger partial charge in [-0.3, -0.25) is 15.0 Å². The van der Waals surface area contributed by atoms with E-state index in [-0.39, 0.29) is 10.2 Å². The highest BCUT2D eigenvalue weighted by atomic mass is 32.2. The Hall–Kier alpha value is -2.36. The van der Waals surface area contributed by atoms with Gasteiger partial charge in [0.2, 0.25) is 0 Å². The van der Waals surface area contributed by atoms with Gasteiger partial charge >= 0.3 is 0 Å². The molecule has 26 heavy (non-hydrogen) atoms. The van der Waals surface area contributed by atoms with Crippen LogP contribution in [0.25, 0.3) is 6.08 Å². The highest BCUT2D eigenvalue weighted by Gasteiger charge is 2.34. The van der Waals surface area contributed by atoms with Crippen molar-refractivity contribution in [3.63, 3.8) is 0 Å². The molecule has 0 unspecified atom stereocenters. The normalized spacial score (nSPS) is 15.5. The lowest BCUT2D eigenvalue weighted by Gasteiger charge is -2.14. The van der Waals surface area contributed by atoms with Crippen LogP contribution >= 0.6 is 35.3 Å². The Kier molecular flexibility index (Phi) is 5.60. The first kappa shape index (κ1) is 18.4. The summed E-state index contributed by atoms with van der Waals surface area (Å²) in [5.74, 6) is 0.303. The molecule has 1 fully saturated rings. The number of carbonyl (C=O) groups excluding carboxylic acids is 2. The number of methoxy groups -OCH3 is 2. The first-order chi connectivity index (χ1) is 12.5. The Labute approximate surface area is 163 Å². The fraction of sp³-hybridized carbons (Fsp3) is 0.118. The summed E-state index contributed by atoms with van der Waals surface area (Å²) in [5.41, 5.74) is 3.22. The highest BCUT2D eigenvalue weighted by molar-refractivity contribution is 8.26. The minimum atomic E-state index is -0.394. The number of thiophene rings is 1. The van der Waals surface area contributed by atoms with E-state index in [9.17, 15) is 9.59 Å². The molecule has 1 saturated heterocycles. The molecule has 0 saturated carbocycles. The maximum absolute atomic E-state index is 12.6. The third-order valence-corrected chi connectivity index (χ3v) is 5.64. The summed E-state index contributed by atoms with van der Waals surface area (Å²) in [4.78, 5) is 25.7. The quantitative estimate of drug-likeness (QED) is 0.607. The van der Waals surface area contributed by atoms with E-state index in [2.05, 4.69) is 5.43 Å². The third-order valence-electron chi connectivity index (χ3n) is 3.47. The second-order valence-corrected chi connectivity index (χ2v) is 7.64. The van der Waals surface area contributed by atoms with Crippen LogP contribution in [0.2, 0.25) is 0 Å². The number of hydrogen-bond acceptors (Lipinski definition) is 7. The fourth-order valence-electron chi connectivity index (χ4n) is 2.30. The summed E-state index contributed by atoms with van der Waals surface area (Å²) in [6, 6.07) is 8.81. The smallest absolute Gasteiger partial charge is 0.285 e. The topological polar surface area (TPSA) is 67.9 Å². The largest absolute Gasteiger partial charge is 0.493 e. The van der Waals surface area contributed by atoms with Gasteiger partial charge in [0.15, 0.2) is 15.8 Å². The van der Waals surface area contributed by atoms with E-state index >= 15 is 0 Å². The fourth-order valence-corrected chi connectivity index (χ4v) is 4.08. The Balaban J connectivity index is 1.85. The average molecular weight is 407 g/mol. The van der Waals surface area contributed by atoms with Crippen molar-refractivity contribution >= 4 is 57.5 Å². The van der Waals surface area contributed by atoms with E-state index in [0.717, 1.165) is 16.8 Å². The molecule has 9 heteroatoms. The van der Waals surface area contributed by atoms with E-state index in [1.807, 2.05) is 0 Å². The first-order valence-electron chi connectivity index (χ1n) is 7.38. The number of hydrogen-bond donors (Lipinski definition) is 1. The Morgan fingerprint density at radius 1 is 1.23 bits per heavy atom. The number of hydrazine groups is 1. The second kappa shape index (κ2) is 7.90. The minimum Gasteiger partial charge on any atom is -0.493 e. The lowest BCUT2D eigenvalue weighted by molar-refractivity contribution is -0.123. The van der Waals surface area contributed by atoms with Crippen molar-refractivity contribution < 1.29 is 19.1 Å². The molecule has 0 bridgehead atoms. The Morgan fingerprint density at radius 3 is 2.69 bits per heavy atom. The number of carbonyl (C=O) groups is 2. The molecule has 0 radical (unpaired) electrons. The van der Waals surface area contributed by atoms with Crippen LogP contribution in [0.4, 0.5) is 0 Å². The average Bonchev–Trinajstić information content (AvgIpc) is 3.26. The molecule has 2 heterocycles. The van der Waals surface area contributed by atoms with Crippen molar-refractivity contribution in [3.05, 3.63) is 51.1 Å². The van der Waals surface area contributed by atoms with Gasteiger partial charge in [0.1, 0.15) is 0 Å². The summed E-state index contributed by atoms with van der Waals surface area (Å²) in [5, 5.41) is 2.87. The summed E-state index contributed by atoms with van der Waals surface area (Å²) in [6.07, 6.45) is 1.66. The maximum Gasteiger partial charge on any atom is 0.285 e. The van der Waals surface area contributed by atoms with Gasteiger partial charge < -0.3 is 9.47 Å². The predicted octanol–water partition coefficient (Wildman–Crippen LogP) is 3.31. The Bertz CT molecular complexity index is 893. The monoisotopic (exact) mass is 406 g/mol. The number of amides is 2. The van der Waals surface area contributed by atoms with Gasteiger partial charge in [-0.05, 0) is 35.8 Å². The van der Waals surface area contributed by atoms with Crippen molar-refractivity contribution in [2.45, 2.75) is 0 Å². The molecule has 3 rings (SSSR count). The summed E-state index contributed by atoms with van der Waals surface area (Å²) < 4.78 is 10.9. The molecule has 0 spiro atoms. The van der Waals surface area contributed by atoms with Crippen LogP contribution in [-0.2, 0) is 4.79 Å². The number of thioether (sulfide) groups is 1. The van der Waals surface area contributed by atoms with Crippen LogP contribution in [0.15, 0.2) is 40.6 Å². The van der Waals surface area contributed by atoms with Gasteiger partial charge in [0, 0.05) is 5.56 Å². The van der Waals surface area contributed by atoms with Crippen LogP contribution in [0, 0.1) is 0 Å². The molecule has 1 aromatic heterocycles. The van der Waals surface area contributed by atoms with Crippen molar-refractivity contribution in [3.8, 4) is 11.5 Å². The highest BCUT2D eigenvalue weighted by Crippen LogP contribution is 2.36. The van der Waals surface area contributed by atoms with Gasteiger partial charge in [-0.2, -0.15) is 5.01 Å². The molecule has 1 aliphatic heterocycles. The lowest BCUT2D eigenvalue weighted by atomic mass is 10.1. The summed E-state index contributed by atoms with van der Waals surface area (Å²) >= 11 is 7.62. The molecule has 0 atom stereocenters. The number of nitrogens with one attached hydrogen (secondary N) is 1. The molecule has 6 nitrogen and oxygen atoms in total. The van der Waals surface area contributed by atoms with Crippen molar-refractivity contribution in [1.29, 1.82) is 0 Å². The van der Waals surface area contributed by atoms with Gasteiger partial charge in [-0.25, -0.2) is 0 Å². The summed E-state index contributed by atoms with van der Waals surface area (Å²) in [7, 11) is 3.07. The number of nitrogens with zero attached hydrogens (tertiary/aromatic N) is 1.